The Balaban J connectivity index is 2.38. The maximum Gasteiger partial charge on any atom is 0.329 e. The van der Waals surface area contributed by atoms with Crippen molar-refractivity contribution in [3.05, 3.63) is 60.7 Å². The number of nitrogens with zero attached hydrogens (tertiary/aromatic N) is 1. The molecule has 2 amide bonds. The molecule has 0 saturated carbocycles. The number of benzene rings is 2. The van der Waals surface area contributed by atoms with E-state index < -0.39 is 9.95 Å². The monoisotopic (exact) mass is 328 g/mol. The van der Waals surface area contributed by atoms with Gasteiger partial charge < -0.3 is 0 Å². The Kier molecular flexibility index (Phi) is 4.76. The lowest BCUT2D eigenvalue weighted by Crippen LogP contribution is -2.43. The zero-order chi connectivity index (χ0) is 14.6. The van der Waals surface area contributed by atoms with E-state index in [2.05, 4.69) is 5.32 Å². The first kappa shape index (κ1) is 15.0. The van der Waals surface area contributed by atoms with Crippen LogP contribution in [0.4, 0.5) is 16.2 Å². The van der Waals surface area contributed by atoms with Crippen molar-refractivity contribution in [2.24, 2.45) is 0 Å². The number of para-hydroxylation sites is 2. The van der Waals surface area contributed by atoms with E-state index in [1.807, 2.05) is 36.4 Å². The number of urea groups is 1. The molecular formula is C14H11Cl3N2O. The quantitative estimate of drug-likeness (QED) is 0.619. The van der Waals surface area contributed by atoms with E-state index in [4.69, 9.17) is 34.8 Å². The second-order valence-corrected chi connectivity index (χ2v) is 6.22. The van der Waals surface area contributed by atoms with Gasteiger partial charge in [-0.05, 0) is 24.3 Å². The summed E-state index contributed by atoms with van der Waals surface area (Å²) in [5, 5.41) is 2.30. The van der Waals surface area contributed by atoms with Gasteiger partial charge in [0.15, 0.2) is 0 Å². The maximum absolute atomic E-state index is 12.3. The standard InChI is InChI=1S/C14H11Cl3N2O/c15-14(16,17)18-13(20)19(11-7-3-1-4-8-11)12-9-5-2-6-10-12/h1-10H,(H,18,20). The summed E-state index contributed by atoms with van der Waals surface area (Å²) < 4.78 is -1.86. The summed E-state index contributed by atoms with van der Waals surface area (Å²) in [5.41, 5.74) is 1.34. The second kappa shape index (κ2) is 6.35. The zero-order valence-electron chi connectivity index (χ0n) is 10.3. The Hall–Kier alpha value is -1.42. The topological polar surface area (TPSA) is 32.3 Å². The molecule has 2 rings (SSSR count). The molecule has 0 heterocycles. The second-order valence-electron chi connectivity index (χ2n) is 3.93. The van der Waals surface area contributed by atoms with Crippen LogP contribution in [0, 0.1) is 0 Å². The first-order chi connectivity index (χ1) is 9.47. The lowest BCUT2D eigenvalue weighted by molar-refractivity contribution is 0.248. The average Bonchev–Trinajstić information content (AvgIpc) is 2.39. The SMILES string of the molecule is O=C(NC(Cl)(Cl)Cl)N(c1ccccc1)c1ccccc1. The average molecular weight is 330 g/mol. The highest BCUT2D eigenvalue weighted by Crippen LogP contribution is 2.28. The third-order valence-electron chi connectivity index (χ3n) is 2.48. The number of carbonyl (C=O) groups excluding carboxylic acids is 1. The van der Waals surface area contributed by atoms with Crippen LogP contribution >= 0.6 is 34.8 Å². The Morgan fingerprint density at radius 2 is 1.25 bits per heavy atom. The summed E-state index contributed by atoms with van der Waals surface area (Å²) in [5.74, 6) is 0. The van der Waals surface area contributed by atoms with Crippen molar-refractivity contribution >= 4 is 52.2 Å². The van der Waals surface area contributed by atoms with Crippen LogP contribution in [0.1, 0.15) is 0 Å². The first-order valence-corrected chi connectivity index (χ1v) is 6.90. The molecule has 104 valence electrons. The van der Waals surface area contributed by atoms with Crippen LogP contribution in [0.2, 0.25) is 0 Å². The van der Waals surface area contributed by atoms with Crippen molar-refractivity contribution in [2.45, 2.75) is 3.92 Å². The molecule has 0 unspecified atom stereocenters. The fourth-order valence-corrected chi connectivity index (χ4v) is 1.96. The molecule has 3 nitrogen and oxygen atoms in total. The van der Waals surface area contributed by atoms with Crippen LogP contribution in [0.25, 0.3) is 0 Å². The highest BCUT2D eigenvalue weighted by Gasteiger charge is 2.27. The van der Waals surface area contributed by atoms with E-state index in [1.54, 1.807) is 24.3 Å². The molecule has 0 spiro atoms. The molecule has 0 fully saturated rings. The first-order valence-electron chi connectivity index (χ1n) is 5.76. The third-order valence-corrected chi connectivity index (χ3v) is 2.76. The molecule has 0 aliphatic heterocycles. The molecule has 0 saturated heterocycles. The van der Waals surface area contributed by atoms with Crippen molar-refractivity contribution in [3.8, 4) is 0 Å². The predicted molar refractivity (Wildman–Crippen MR) is 83.8 cm³/mol. The molecular weight excluding hydrogens is 319 g/mol. The van der Waals surface area contributed by atoms with Crippen molar-refractivity contribution in [1.82, 2.24) is 5.32 Å². The summed E-state index contributed by atoms with van der Waals surface area (Å²) >= 11 is 16.9. The van der Waals surface area contributed by atoms with E-state index >= 15 is 0 Å². The van der Waals surface area contributed by atoms with Crippen LogP contribution in [-0.4, -0.2) is 9.95 Å². The predicted octanol–water partition coefficient (Wildman–Crippen LogP) is 4.86. The Labute approximate surface area is 132 Å². The highest BCUT2D eigenvalue weighted by atomic mass is 35.6. The van der Waals surface area contributed by atoms with Crippen LogP contribution < -0.4 is 10.2 Å². The van der Waals surface area contributed by atoms with Gasteiger partial charge >= 0.3 is 6.03 Å². The minimum Gasteiger partial charge on any atom is -0.293 e. The number of nitrogens with one attached hydrogen (secondary N) is 1. The van der Waals surface area contributed by atoms with Crippen molar-refractivity contribution < 1.29 is 4.79 Å². The van der Waals surface area contributed by atoms with Gasteiger partial charge in [0.25, 0.3) is 3.92 Å². The fourth-order valence-electron chi connectivity index (χ4n) is 1.71. The Morgan fingerprint density at radius 1 is 0.850 bits per heavy atom. The molecule has 1 N–H and O–H groups in total. The van der Waals surface area contributed by atoms with E-state index in [-0.39, 0.29) is 0 Å². The Morgan fingerprint density at radius 3 is 1.60 bits per heavy atom. The van der Waals surface area contributed by atoms with Gasteiger partial charge in [0, 0.05) is 0 Å². The van der Waals surface area contributed by atoms with Gasteiger partial charge in [-0.25, -0.2) is 4.79 Å². The number of halogens is 3. The molecule has 0 aliphatic carbocycles. The summed E-state index contributed by atoms with van der Waals surface area (Å²) in [6.45, 7) is 0. The number of amides is 2. The normalized spacial score (nSPS) is 10.9. The van der Waals surface area contributed by atoms with Crippen LogP contribution in [-0.2, 0) is 0 Å². The summed E-state index contributed by atoms with van der Waals surface area (Å²) in [6, 6.07) is 17.7. The Bertz CT molecular complexity index is 530. The summed E-state index contributed by atoms with van der Waals surface area (Å²) in [6.07, 6.45) is 0. The lowest BCUT2D eigenvalue weighted by atomic mass is 10.2. The van der Waals surface area contributed by atoms with Crippen LogP contribution in [0.15, 0.2) is 60.7 Å². The molecule has 2 aromatic carbocycles. The minimum absolute atomic E-state index is 0.526. The zero-order valence-corrected chi connectivity index (χ0v) is 12.5. The van der Waals surface area contributed by atoms with Gasteiger partial charge in [-0.3, -0.25) is 10.2 Å². The van der Waals surface area contributed by atoms with Gasteiger partial charge in [-0.1, -0.05) is 71.2 Å². The number of rotatable bonds is 2. The number of hydrogen-bond acceptors (Lipinski definition) is 1. The summed E-state index contributed by atoms with van der Waals surface area (Å²) in [4.78, 5) is 13.8. The van der Waals surface area contributed by atoms with E-state index in [9.17, 15) is 4.79 Å². The van der Waals surface area contributed by atoms with Crippen LogP contribution in [0.3, 0.4) is 0 Å². The van der Waals surface area contributed by atoms with E-state index in [1.165, 1.54) is 4.90 Å². The number of anilines is 2. The molecule has 20 heavy (non-hydrogen) atoms. The van der Waals surface area contributed by atoms with Crippen molar-refractivity contribution in [2.75, 3.05) is 4.90 Å². The number of hydrogen-bond donors (Lipinski definition) is 1. The third kappa shape index (κ3) is 4.04. The molecule has 0 bridgehead atoms. The van der Waals surface area contributed by atoms with Gasteiger partial charge in [0.1, 0.15) is 0 Å². The minimum atomic E-state index is -1.86. The number of carbonyl (C=O) groups is 1. The van der Waals surface area contributed by atoms with Gasteiger partial charge in [-0.15, -0.1) is 0 Å². The number of alkyl halides is 3. The van der Waals surface area contributed by atoms with E-state index in [0.717, 1.165) is 0 Å². The maximum atomic E-state index is 12.3. The van der Waals surface area contributed by atoms with Crippen molar-refractivity contribution in [1.29, 1.82) is 0 Å². The molecule has 2 aromatic rings. The fraction of sp³-hybridized carbons (Fsp3) is 0.0714. The molecule has 0 aliphatic rings. The largest absolute Gasteiger partial charge is 0.329 e. The molecule has 6 heteroatoms. The van der Waals surface area contributed by atoms with Gasteiger partial charge in [0.2, 0.25) is 0 Å². The smallest absolute Gasteiger partial charge is 0.293 e. The summed E-state index contributed by atoms with van der Waals surface area (Å²) in [7, 11) is 0. The molecule has 0 radical (unpaired) electrons. The molecule has 0 aromatic heterocycles. The van der Waals surface area contributed by atoms with Crippen molar-refractivity contribution in [3.63, 3.8) is 0 Å². The molecule has 0 atom stereocenters. The lowest BCUT2D eigenvalue weighted by Gasteiger charge is -2.25. The van der Waals surface area contributed by atoms with Crippen LogP contribution in [0.5, 0.6) is 0 Å². The van der Waals surface area contributed by atoms with Gasteiger partial charge in [-0.2, -0.15) is 0 Å². The highest BCUT2D eigenvalue weighted by molar-refractivity contribution is 6.67. The van der Waals surface area contributed by atoms with E-state index in [0.29, 0.717) is 11.4 Å². The van der Waals surface area contributed by atoms with Gasteiger partial charge in [0.05, 0.1) is 11.4 Å².